The van der Waals surface area contributed by atoms with Gasteiger partial charge in [0.05, 0.1) is 18.3 Å². The normalized spacial score (nSPS) is 14.5. The molecule has 1 aliphatic rings. The molecule has 3 rings (SSSR count). The van der Waals surface area contributed by atoms with E-state index in [1.54, 1.807) is 6.07 Å². The minimum atomic E-state index is -0.303. The zero-order valence-corrected chi connectivity index (χ0v) is 8.76. The van der Waals surface area contributed by atoms with Gasteiger partial charge in [0.25, 0.3) is 0 Å². The number of Topliss-reactive ketones (excluding diaryl/α,β-unsaturated/α-hetero) is 1. The van der Waals surface area contributed by atoms with Crippen LogP contribution in [0.5, 0.6) is 5.75 Å². The summed E-state index contributed by atoms with van der Waals surface area (Å²) in [6.07, 6.45) is 1.08. The number of aryl methyl sites for hydroxylation is 1. The molecule has 1 aromatic carbocycles. The van der Waals surface area contributed by atoms with Crippen LogP contribution in [0, 0.1) is 5.82 Å². The molecule has 0 saturated heterocycles. The molecule has 1 N–H and O–H groups in total. The minimum Gasteiger partial charge on any atom is -0.495 e. The molecule has 0 bridgehead atoms. The number of rotatable bonds is 1. The van der Waals surface area contributed by atoms with Gasteiger partial charge in [-0.25, -0.2) is 4.39 Å². The van der Waals surface area contributed by atoms with Crippen molar-refractivity contribution in [3.63, 3.8) is 0 Å². The van der Waals surface area contributed by atoms with E-state index in [1.807, 2.05) is 0 Å². The molecule has 1 aromatic heterocycles. The summed E-state index contributed by atoms with van der Waals surface area (Å²) in [5, 5.41) is 0.500. The smallest absolute Gasteiger partial charge is 0.179 e. The van der Waals surface area contributed by atoms with E-state index < -0.39 is 0 Å². The lowest BCUT2D eigenvalue weighted by Crippen LogP contribution is -1.92. The molecule has 1 aliphatic carbocycles. The molecule has 0 aliphatic heterocycles. The van der Waals surface area contributed by atoms with E-state index in [0.717, 1.165) is 5.56 Å². The highest BCUT2D eigenvalue weighted by Crippen LogP contribution is 2.35. The number of ether oxygens (including phenoxy) is 1. The van der Waals surface area contributed by atoms with Gasteiger partial charge in [-0.2, -0.15) is 0 Å². The summed E-state index contributed by atoms with van der Waals surface area (Å²) >= 11 is 0. The Morgan fingerprint density at radius 1 is 1.38 bits per heavy atom. The van der Waals surface area contributed by atoms with Crippen LogP contribution in [0.1, 0.15) is 22.5 Å². The number of nitrogens with one attached hydrogen (secondary N) is 1. The third kappa shape index (κ3) is 1.04. The number of ketones is 1. The van der Waals surface area contributed by atoms with E-state index in [9.17, 15) is 9.18 Å². The number of aromatic nitrogens is 1. The largest absolute Gasteiger partial charge is 0.495 e. The van der Waals surface area contributed by atoms with Gasteiger partial charge in [0.1, 0.15) is 11.6 Å². The Balaban J connectivity index is 2.43. The topological polar surface area (TPSA) is 42.1 Å². The molecule has 0 atom stereocenters. The lowest BCUT2D eigenvalue weighted by atomic mass is 10.1. The number of methoxy groups -OCH3 is 1. The first-order chi connectivity index (χ1) is 7.72. The number of hydrogen-bond acceptors (Lipinski definition) is 2. The first-order valence-electron chi connectivity index (χ1n) is 5.12. The van der Waals surface area contributed by atoms with E-state index in [4.69, 9.17) is 4.74 Å². The number of benzene rings is 1. The Labute approximate surface area is 91.2 Å². The molecule has 4 heteroatoms. The van der Waals surface area contributed by atoms with Crippen molar-refractivity contribution in [1.82, 2.24) is 4.98 Å². The van der Waals surface area contributed by atoms with Crippen LogP contribution in [-0.2, 0) is 6.42 Å². The Hall–Kier alpha value is -1.84. The second kappa shape index (κ2) is 3.07. The third-order valence-corrected chi connectivity index (χ3v) is 3.07. The van der Waals surface area contributed by atoms with E-state index in [2.05, 4.69) is 4.98 Å². The average molecular weight is 219 g/mol. The predicted octanol–water partition coefficient (Wildman–Crippen LogP) is 2.44. The molecule has 0 amide bonds. The van der Waals surface area contributed by atoms with Crippen LogP contribution in [-0.4, -0.2) is 17.9 Å². The summed E-state index contributed by atoms with van der Waals surface area (Å²) in [7, 11) is 1.53. The summed E-state index contributed by atoms with van der Waals surface area (Å²) in [6, 6.07) is 2.94. The lowest BCUT2D eigenvalue weighted by Gasteiger charge is -2.02. The number of aromatic amines is 1. The standard InChI is InChI=1S/C12H10FNO2/c1-16-9-5-3-7(13)10-6-2-4-8(15)11(6)14-12(9)10/h3,5,14H,2,4H2,1H3. The Bertz CT molecular complexity index is 601. The number of fused-ring (bicyclic) bond motifs is 3. The van der Waals surface area contributed by atoms with Crippen LogP contribution in [0.2, 0.25) is 0 Å². The highest BCUT2D eigenvalue weighted by atomic mass is 19.1. The van der Waals surface area contributed by atoms with E-state index in [1.165, 1.54) is 13.2 Å². The maximum absolute atomic E-state index is 13.7. The fraction of sp³-hybridized carbons (Fsp3) is 0.250. The van der Waals surface area contributed by atoms with Gasteiger partial charge in [-0.3, -0.25) is 4.79 Å². The van der Waals surface area contributed by atoms with Crippen LogP contribution in [0.25, 0.3) is 10.9 Å². The second-order valence-corrected chi connectivity index (χ2v) is 3.90. The SMILES string of the molecule is COc1ccc(F)c2c3c([nH]c12)C(=O)CC3. The molecule has 82 valence electrons. The van der Waals surface area contributed by atoms with Gasteiger partial charge >= 0.3 is 0 Å². The fourth-order valence-corrected chi connectivity index (χ4v) is 2.32. The molecule has 0 fully saturated rings. The molecular weight excluding hydrogens is 209 g/mol. The summed E-state index contributed by atoms with van der Waals surface area (Å²) in [4.78, 5) is 14.5. The number of carbonyl (C=O) groups is 1. The van der Waals surface area contributed by atoms with Gasteiger partial charge in [0.15, 0.2) is 5.78 Å². The van der Waals surface area contributed by atoms with Crippen molar-refractivity contribution in [2.75, 3.05) is 7.11 Å². The van der Waals surface area contributed by atoms with E-state index >= 15 is 0 Å². The monoisotopic (exact) mass is 219 g/mol. The summed E-state index contributed by atoms with van der Waals surface area (Å²) in [6.45, 7) is 0. The zero-order chi connectivity index (χ0) is 11.3. The zero-order valence-electron chi connectivity index (χ0n) is 8.76. The third-order valence-electron chi connectivity index (χ3n) is 3.07. The summed E-state index contributed by atoms with van der Waals surface area (Å²) < 4.78 is 18.9. The molecule has 16 heavy (non-hydrogen) atoms. The highest BCUT2D eigenvalue weighted by molar-refractivity contribution is 6.06. The van der Waals surface area contributed by atoms with Crippen molar-refractivity contribution in [3.05, 3.63) is 29.2 Å². The Morgan fingerprint density at radius 2 is 2.19 bits per heavy atom. The van der Waals surface area contributed by atoms with Crippen molar-refractivity contribution in [3.8, 4) is 5.75 Å². The van der Waals surface area contributed by atoms with Crippen LogP contribution < -0.4 is 4.74 Å². The van der Waals surface area contributed by atoms with Crippen molar-refractivity contribution in [2.24, 2.45) is 0 Å². The first-order valence-corrected chi connectivity index (χ1v) is 5.12. The average Bonchev–Trinajstić information content (AvgIpc) is 2.81. The van der Waals surface area contributed by atoms with Gasteiger partial charge < -0.3 is 9.72 Å². The minimum absolute atomic E-state index is 0.0488. The first kappa shape index (κ1) is 9.39. The molecule has 0 unspecified atom stereocenters. The lowest BCUT2D eigenvalue weighted by molar-refractivity contribution is 0.0990. The molecule has 2 aromatic rings. The predicted molar refractivity (Wildman–Crippen MR) is 57.5 cm³/mol. The maximum atomic E-state index is 13.7. The fourth-order valence-electron chi connectivity index (χ4n) is 2.32. The van der Waals surface area contributed by atoms with Gasteiger partial charge in [-0.15, -0.1) is 0 Å². The van der Waals surface area contributed by atoms with Gasteiger partial charge in [-0.1, -0.05) is 0 Å². The van der Waals surface area contributed by atoms with Crippen LogP contribution >= 0.6 is 0 Å². The molecule has 0 saturated carbocycles. The van der Waals surface area contributed by atoms with Crippen LogP contribution in [0.3, 0.4) is 0 Å². The van der Waals surface area contributed by atoms with Crippen LogP contribution in [0.4, 0.5) is 4.39 Å². The molecule has 3 nitrogen and oxygen atoms in total. The molecule has 0 radical (unpaired) electrons. The van der Waals surface area contributed by atoms with Crippen molar-refractivity contribution < 1.29 is 13.9 Å². The Morgan fingerprint density at radius 3 is 2.94 bits per heavy atom. The number of H-pyrrole nitrogens is 1. The van der Waals surface area contributed by atoms with E-state index in [-0.39, 0.29) is 11.6 Å². The summed E-state index contributed by atoms with van der Waals surface area (Å²) in [5.41, 5.74) is 1.91. The Kier molecular flexibility index (Phi) is 1.80. The van der Waals surface area contributed by atoms with Crippen molar-refractivity contribution in [1.29, 1.82) is 0 Å². The van der Waals surface area contributed by atoms with Crippen LogP contribution in [0.15, 0.2) is 12.1 Å². The number of hydrogen-bond donors (Lipinski definition) is 1. The van der Waals surface area contributed by atoms with Gasteiger partial charge in [-0.05, 0) is 24.1 Å². The van der Waals surface area contributed by atoms with Crippen molar-refractivity contribution in [2.45, 2.75) is 12.8 Å². The summed E-state index contributed by atoms with van der Waals surface area (Å²) in [5.74, 6) is 0.314. The second-order valence-electron chi connectivity index (χ2n) is 3.90. The molecule has 1 heterocycles. The molecule has 0 spiro atoms. The molecular formula is C12H10FNO2. The maximum Gasteiger partial charge on any atom is 0.179 e. The van der Waals surface area contributed by atoms with E-state index in [0.29, 0.717) is 35.2 Å². The van der Waals surface area contributed by atoms with Crippen molar-refractivity contribution >= 4 is 16.7 Å². The highest BCUT2D eigenvalue weighted by Gasteiger charge is 2.27. The van der Waals surface area contributed by atoms with Gasteiger partial charge in [0.2, 0.25) is 0 Å². The number of halogens is 1. The van der Waals surface area contributed by atoms with Gasteiger partial charge in [0, 0.05) is 11.8 Å². The quantitative estimate of drug-likeness (QED) is 0.800. The number of carbonyl (C=O) groups excluding carboxylic acids is 1.